The highest BCUT2D eigenvalue weighted by atomic mass is 16.4. The van der Waals surface area contributed by atoms with Crippen LogP contribution in [-0.2, 0) is 12.8 Å². The molecule has 1 aromatic heterocycles. The van der Waals surface area contributed by atoms with E-state index >= 15 is 0 Å². The molecule has 114 valence electrons. The first-order chi connectivity index (χ1) is 10.2. The lowest BCUT2D eigenvalue weighted by atomic mass is 10.2. The maximum atomic E-state index is 8.78. The van der Waals surface area contributed by atoms with E-state index in [-0.39, 0.29) is 11.9 Å². The molecule has 3 rings (SSSR count). The van der Waals surface area contributed by atoms with Crippen molar-refractivity contribution in [1.82, 2.24) is 14.9 Å². The van der Waals surface area contributed by atoms with Gasteiger partial charge in [0.2, 0.25) is 0 Å². The van der Waals surface area contributed by atoms with Crippen molar-refractivity contribution in [3.63, 3.8) is 0 Å². The Balaban J connectivity index is 1.68. The summed E-state index contributed by atoms with van der Waals surface area (Å²) in [6.45, 7) is 5.55. The molecule has 1 saturated heterocycles. The van der Waals surface area contributed by atoms with E-state index in [0.29, 0.717) is 0 Å². The van der Waals surface area contributed by atoms with Crippen molar-refractivity contribution < 1.29 is 5.21 Å². The normalized spacial score (nSPS) is 21.4. The predicted octanol–water partition coefficient (Wildman–Crippen LogP) is 0.222. The minimum absolute atomic E-state index is 0.0340. The summed E-state index contributed by atoms with van der Waals surface area (Å²) in [5, 5.41) is 11.9. The number of amidine groups is 1. The Hall–Kier alpha value is -1.89. The van der Waals surface area contributed by atoms with Crippen LogP contribution in [0.1, 0.15) is 24.6 Å². The lowest BCUT2D eigenvalue weighted by Gasteiger charge is -2.38. The number of rotatable bonds is 3. The lowest BCUT2D eigenvalue weighted by molar-refractivity contribution is 0.229. The smallest absolute Gasteiger partial charge is 0.156 e. The second-order valence-electron chi connectivity index (χ2n) is 5.70. The molecular formula is C14H22N6O. The van der Waals surface area contributed by atoms with Gasteiger partial charge in [-0.05, 0) is 26.2 Å². The van der Waals surface area contributed by atoms with Crippen LogP contribution < -0.4 is 10.6 Å². The molecule has 1 atom stereocenters. The number of anilines is 1. The van der Waals surface area contributed by atoms with Crippen molar-refractivity contribution in [1.29, 1.82) is 0 Å². The standard InChI is InChI=1S/C14H22N6O/c1-10(13(15)18-21)19-5-7-20(8-6-19)14-11-3-2-4-12(11)16-9-17-14/h9-10,21H,2-8H2,1H3,(H2,15,18). The Morgan fingerprint density at radius 2 is 2.05 bits per heavy atom. The first kappa shape index (κ1) is 14.1. The van der Waals surface area contributed by atoms with Crippen LogP contribution in [-0.4, -0.2) is 58.1 Å². The van der Waals surface area contributed by atoms with Crippen LogP contribution in [0, 0.1) is 0 Å². The van der Waals surface area contributed by atoms with E-state index < -0.39 is 0 Å². The van der Waals surface area contributed by atoms with E-state index in [4.69, 9.17) is 10.9 Å². The average Bonchev–Trinajstić information content (AvgIpc) is 3.02. The molecule has 1 aliphatic heterocycles. The van der Waals surface area contributed by atoms with Crippen molar-refractivity contribution in [2.45, 2.75) is 32.2 Å². The fraction of sp³-hybridized carbons (Fsp3) is 0.643. The third-order valence-corrected chi connectivity index (χ3v) is 4.56. The van der Waals surface area contributed by atoms with Gasteiger partial charge in [0.15, 0.2) is 5.84 Å². The van der Waals surface area contributed by atoms with Crippen LogP contribution >= 0.6 is 0 Å². The van der Waals surface area contributed by atoms with Crippen LogP contribution in [0.4, 0.5) is 5.82 Å². The largest absolute Gasteiger partial charge is 0.409 e. The van der Waals surface area contributed by atoms with Gasteiger partial charge in [-0.3, -0.25) is 4.90 Å². The number of piperazine rings is 1. The number of oxime groups is 1. The lowest BCUT2D eigenvalue weighted by Crippen LogP contribution is -2.53. The van der Waals surface area contributed by atoms with E-state index in [2.05, 4.69) is 24.9 Å². The van der Waals surface area contributed by atoms with Gasteiger partial charge in [-0.15, -0.1) is 0 Å². The number of fused-ring (bicyclic) bond motifs is 1. The first-order valence-corrected chi connectivity index (χ1v) is 7.50. The zero-order valence-corrected chi connectivity index (χ0v) is 12.4. The topological polar surface area (TPSA) is 90.9 Å². The zero-order valence-electron chi connectivity index (χ0n) is 12.4. The van der Waals surface area contributed by atoms with Gasteiger partial charge >= 0.3 is 0 Å². The Kier molecular flexibility index (Phi) is 3.92. The molecule has 1 aromatic rings. The van der Waals surface area contributed by atoms with Gasteiger partial charge in [-0.1, -0.05) is 5.16 Å². The van der Waals surface area contributed by atoms with Gasteiger partial charge in [0.1, 0.15) is 12.1 Å². The van der Waals surface area contributed by atoms with E-state index in [0.717, 1.165) is 44.8 Å². The van der Waals surface area contributed by atoms with E-state index in [1.165, 1.54) is 17.7 Å². The maximum absolute atomic E-state index is 8.78. The van der Waals surface area contributed by atoms with E-state index in [1.54, 1.807) is 6.33 Å². The van der Waals surface area contributed by atoms with Crippen molar-refractivity contribution in [2.24, 2.45) is 10.9 Å². The van der Waals surface area contributed by atoms with Crippen LogP contribution in [0.5, 0.6) is 0 Å². The van der Waals surface area contributed by atoms with Crippen LogP contribution in [0.25, 0.3) is 0 Å². The quantitative estimate of drug-likeness (QED) is 0.358. The Bertz CT molecular complexity index is 538. The first-order valence-electron chi connectivity index (χ1n) is 7.50. The van der Waals surface area contributed by atoms with E-state index in [1.807, 2.05) is 6.92 Å². The summed E-state index contributed by atoms with van der Waals surface area (Å²) in [4.78, 5) is 13.5. The van der Waals surface area contributed by atoms with Crippen molar-refractivity contribution in [2.75, 3.05) is 31.1 Å². The Morgan fingerprint density at radius 3 is 2.76 bits per heavy atom. The molecule has 2 heterocycles. The third-order valence-electron chi connectivity index (χ3n) is 4.56. The van der Waals surface area contributed by atoms with Gasteiger partial charge in [-0.2, -0.15) is 0 Å². The summed E-state index contributed by atoms with van der Waals surface area (Å²) in [6, 6.07) is -0.0340. The summed E-state index contributed by atoms with van der Waals surface area (Å²) < 4.78 is 0. The molecule has 0 bridgehead atoms. The summed E-state index contributed by atoms with van der Waals surface area (Å²) >= 11 is 0. The minimum Gasteiger partial charge on any atom is -0.409 e. The molecule has 2 aliphatic rings. The number of nitrogens with two attached hydrogens (primary N) is 1. The number of hydrogen-bond acceptors (Lipinski definition) is 6. The molecule has 7 heteroatoms. The van der Waals surface area contributed by atoms with Gasteiger partial charge in [0.05, 0.1) is 6.04 Å². The second-order valence-corrected chi connectivity index (χ2v) is 5.70. The van der Waals surface area contributed by atoms with Crippen LogP contribution in [0.2, 0.25) is 0 Å². The molecule has 0 aromatic carbocycles. The average molecular weight is 290 g/mol. The highest BCUT2D eigenvalue weighted by Crippen LogP contribution is 2.28. The Labute approximate surface area is 124 Å². The molecule has 0 radical (unpaired) electrons. The zero-order chi connectivity index (χ0) is 14.8. The highest BCUT2D eigenvalue weighted by molar-refractivity contribution is 5.84. The highest BCUT2D eigenvalue weighted by Gasteiger charge is 2.27. The van der Waals surface area contributed by atoms with Crippen LogP contribution in [0.15, 0.2) is 11.5 Å². The number of hydrogen-bond donors (Lipinski definition) is 2. The summed E-state index contributed by atoms with van der Waals surface area (Å²) in [5.41, 5.74) is 8.24. The molecule has 1 fully saturated rings. The third kappa shape index (κ3) is 2.65. The molecule has 21 heavy (non-hydrogen) atoms. The minimum atomic E-state index is -0.0340. The maximum Gasteiger partial charge on any atom is 0.156 e. The molecule has 1 aliphatic carbocycles. The molecule has 3 N–H and O–H groups in total. The SMILES string of the molecule is CC(C(N)=NO)N1CCN(c2ncnc3c2CCC3)CC1. The van der Waals surface area contributed by atoms with Crippen molar-refractivity contribution in [3.05, 3.63) is 17.6 Å². The van der Waals surface area contributed by atoms with Crippen molar-refractivity contribution in [3.8, 4) is 0 Å². The second kappa shape index (κ2) is 5.85. The predicted molar refractivity (Wildman–Crippen MR) is 80.7 cm³/mol. The molecule has 0 amide bonds. The van der Waals surface area contributed by atoms with Gasteiger partial charge in [0, 0.05) is 37.4 Å². The van der Waals surface area contributed by atoms with Gasteiger partial charge in [-0.25, -0.2) is 9.97 Å². The molecule has 0 spiro atoms. The monoisotopic (exact) mass is 290 g/mol. The molecule has 1 unspecified atom stereocenters. The van der Waals surface area contributed by atoms with Gasteiger partial charge in [0.25, 0.3) is 0 Å². The fourth-order valence-electron chi connectivity index (χ4n) is 3.21. The van der Waals surface area contributed by atoms with Crippen LogP contribution in [0.3, 0.4) is 0 Å². The number of aryl methyl sites for hydroxylation is 1. The van der Waals surface area contributed by atoms with E-state index in [9.17, 15) is 0 Å². The molecule has 0 saturated carbocycles. The Morgan fingerprint density at radius 1 is 1.29 bits per heavy atom. The van der Waals surface area contributed by atoms with Crippen molar-refractivity contribution >= 4 is 11.7 Å². The number of aromatic nitrogens is 2. The summed E-state index contributed by atoms with van der Waals surface area (Å²) in [6.07, 6.45) is 5.03. The summed E-state index contributed by atoms with van der Waals surface area (Å²) in [7, 11) is 0. The molecular weight excluding hydrogens is 268 g/mol. The molecule has 7 nitrogen and oxygen atoms in total. The van der Waals surface area contributed by atoms with Gasteiger partial charge < -0.3 is 15.8 Å². The summed E-state index contributed by atoms with van der Waals surface area (Å²) in [5.74, 6) is 1.37. The number of nitrogens with zero attached hydrogens (tertiary/aromatic N) is 5. The fourth-order valence-corrected chi connectivity index (χ4v) is 3.21.